The fourth-order valence-corrected chi connectivity index (χ4v) is 2.47. The van der Waals surface area contributed by atoms with E-state index in [9.17, 15) is 13.6 Å². The Balaban J connectivity index is 1.49. The molecule has 3 rings (SSSR count). The minimum Gasteiger partial charge on any atom is -0.453 e. The van der Waals surface area contributed by atoms with Gasteiger partial charge in [-0.05, 0) is 53.9 Å². The van der Waals surface area contributed by atoms with E-state index in [2.05, 4.69) is 10.3 Å². The van der Waals surface area contributed by atoms with Crippen molar-refractivity contribution in [2.75, 3.05) is 0 Å². The van der Waals surface area contributed by atoms with Gasteiger partial charge in [0.15, 0.2) is 11.6 Å². The lowest BCUT2D eigenvalue weighted by atomic mass is 10.1. The van der Waals surface area contributed by atoms with Crippen molar-refractivity contribution in [2.45, 2.75) is 19.4 Å². The Morgan fingerprint density at radius 1 is 1.04 bits per heavy atom. The second kappa shape index (κ2) is 8.89. The molecule has 138 valence electrons. The summed E-state index contributed by atoms with van der Waals surface area (Å²) in [6.45, 7) is 0.215. The number of amides is 1. The Hall–Kier alpha value is -3.28. The molecule has 0 aliphatic carbocycles. The van der Waals surface area contributed by atoms with Crippen molar-refractivity contribution < 1.29 is 18.3 Å². The third kappa shape index (κ3) is 5.60. The molecule has 0 unspecified atom stereocenters. The highest BCUT2D eigenvalue weighted by Crippen LogP contribution is 2.24. The van der Waals surface area contributed by atoms with Crippen molar-refractivity contribution in [3.8, 4) is 11.5 Å². The largest absolute Gasteiger partial charge is 0.453 e. The van der Waals surface area contributed by atoms with Crippen LogP contribution in [0.2, 0.25) is 0 Å². The van der Waals surface area contributed by atoms with Crippen molar-refractivity contribution in [3.05, 3.63) is 89.8 Å². The molecule has 0 atom stereocenters. The van der Waals surface area contributed by atoms with Crippen LogP contribution in [0.1, 0.15) is 17.5 Å². The van der Waals surface area contributed by atoms with Crippen LogP contribution in [0.5, 0.6) is 11.5 Å². The molecule has 6 heteroatoms. The van der Waals surface area contributed by atoms with Crippen molar-refractivity contribution in [3.63, 3.8) is 0 Å². The van der Waals surface area contributed by atoms with E-state index in [4.69, 9.17) is 4.74 Å². The van der Waals surface area contributed by atoms with Gasteiger partial charge in [0, 0.05) is 19.2 Å². The summed E-state index contributed by atoms with van der Waals surface area (Å²) >= 11 is 0. The fraction of sp³-hybridized carbons (Fsp3) is 0.143. The lowest BCUT2D eigenvalue weighted by Crippen LogP contribution is -2.23. The number of carbonyl (C=O) groups is 1. The topological polar surface area (TPSA) is 51.2 Å². The molecule has 0 fully saturated rings. The van der Waals surface area contributed by atoms with Crippen LogP contribution in [0.15, 0.2) is 67.0 Å². The van der Waals surface area contributed by atoms with Gasteiger partial charge in [-0.2, -0.15) is 0 Å². The molecular formula is C21H18F2N2O2. The van der Waals surface area contributed by atoms with Crippen molar-refractivity contribution in [1.29, 1.82) is 0 Å². The maximum absolute atomic E-state index is 14.2. The fourth-order valence-electron chi connectivity index (χ4n) is 2.47. The van der Waals surface area contributed by atoms with Crippen molar-refractivity contribution >= 4 is 5.91 Å². The number of aryl methyl sites for hydroxylation is 1. The molecule has 1 aromatic heterocycles. The molecule has 1 N–H and O–H groups in total. The standard InChI is InChI=1S/C21H18F2N2O2/c22-17-7-3-15(4-8-17)6-10-21(26)25-13-16-5-9-20(19(23)12-16)27-18-2-1-11-24-14-18/h1-5,7-9,11-12,14H,6,10,13H2,(H,25,26). The number of rotatable bonds is 7. The summed E-state index contributed by atoms with van der Waals surface area (Å²) in [6.07, 6.45) is 3.88. The average Bonchev–Trinajstić information content (AvgIpc) is 2.68. The van der Waals surface area contributed by atoms with Gasteiger partial charge in [0.1, 0.15) is 11.6 Å². The van der Waals surface area contributed by atoms with Gasteiger partial charge in [0.05, 0.1) is 6.20 Å². The monoisotopic (exact) mass is 368 g/mol. The molecule has 0 spiro atoms. The Morgan fingerprint density at radius 3 is 2.52 bits per heavy atom. The van der Waals surface area contributed by atoms with E-state index in [1.54, 1.807) is 36.5 Å². The maximum atomic E-state index is 14.2. The van der Waals surface area contributed by atoms with E-state index in [0.717, 1.165) is 5.56 Å². The van der Waals surface area contributed by atoms with Gasteiger partial charge in [0.25, 0.3) is 0 Å². The van der Waals surface area contributed by atoms with Gasteiger partial charge in [-0.3, -0.25) is 9.78 Å². The van der Waals surface area contributed by atoms with E-state index in [1.165, 1.54) is 30.5 Å². The highest BCUT2D eigenvalue weighted by atomic mass is 19.1. The number of nitrogens with zero attached hydrogens (tertiary/aromatic N) is 1. The highest BCUT2D eigenvalue weighted by molar-refractivity contribution is 5.76. The first-order chi connectivity index (χ1) is 13.1. The van der Waals surface area contributed by atoms with Crippen LogP contribution in [0, 0.1) is 11.6 Å². The number of aromatic nitrogens is 1. The number of pyridine rings is 1. The number of carbonyl (C=O) groups excluding carboxylic acids is 1. The predicted octanol–water partition coefficient (Wildman–Crippen LogP) is 4.40. The quantitative estimate of drug-likeness (QED) is 0.672. The number of nitrogens with one attached hydrogen (secondary N) is 1. The molecule has 27 heavy (non-hydrogen) atoms. The van der Waals surface area contributed by atoms with Crippen LogP contribution < -0.4 is 10.1 Å². The summed E-state index contributed by atoms with van der Waals surface area (Å²) in [5, 5.41) is 2.75. The first kappa shape index (κ1) is 18.5. The predicted molar refractivity (Wildman–Crippen MR) is 97.3 cm³/mol. The number of hydrogen-bond donors (Lipinski definition) is 1. The Kier molecular flexibility index (Phi) is 6.10. The van der Waals surface area contributed by atoms with Crippen LogP contribution >= 0.6 is 0 Å². The van der Waals surface area contributed by atoms with Gasteiger partial charge in [-0.15, -0.1) is 0 Å². The maximum Gasteiger partial charge on any atom is 0.220 e. The molecule has 3 aromatic rings. The van der Waals surface area contributed by atoms with E-state index in [0.29, 0.717) is 17.7 Å². The molecule has 4 nitrogen and oxygen atoms in total. The van der Waals surface area contributed by atoms with Crippen molar-refractivity contribution in [2.24, 2.45) is 0 Å². The van der Waals surface area contributed by atoms with Crippen LogP contribution in [0.25, 0.3) is 0 Å². The second-order valence-electron chi connectivity index (χ2n) is 5.96. The summed E-state index contributed by atoms with van der Waals surface area (Å²) < 4.78 is 32.5. The highest BCUT2D eigenvalue weighted by Gasteiger charge is 2.08. The van der Waals surface area contributed by atoms with Gasteiger partial charge in [-0.1, -0.05) is 18.2 Å². The van der Waals surface area contributed by atoms with Crippen molar-refractivity contribution in [1.82, 2.24) is 10.3 Å². The molecule has 1 amide bonds. The molecule has 0 radical (unpaired) electrons. The summed E-state index contributed by atoms with van der Waals surface area (Å²) in [5.41, 5.74) is 1.51. The minimum absolute atomic E-state index is 0.0920. The third-order valence-corrected chi connectivity index (χ3v) is 3.90. The van der Waals surface area contributed by atoms with E-state index >= 15 is 0 Å². The Bertz CT molecular complexity index is 900. The molecule has 0 saturated heterocycles. The van der Waals surface area contributed by atoms with Crippen LogP contribution in [-0.2, 0) is 17.8 Å². The van der Waals surface area contributed by atoms with E-state index < -0.39 is 5.82 Å². The SMILES string of the molecule is O=C(CCc1ccc(F)cc1)NCc1ccc(Oc2cccnc2)c(F)c1. The first-order valence-electron chi connectivity index (χ1n) is 8.47. The van der Waals surface area contributed by atoms with Crippen LogP contribution in [0.4, 0.5) is 8.78 Å². The van der Waals surface area contributed by atoms with Gasteiger partial charge < -0.3 is 10.1 Å². The summed E-state index contributed by atoms with van der Waals surface area (Å²) in [4.78, 5) is 15.8. The first-order valence-corrected chi connectivity index (χ1v) is 8.47. The zero-order valence-electron chi connectivity index (χ0n) is 14.5. The summed E-state index contributed by atoms with van der Waals surface area (Å²) in [7, 11) is 0. The summed E-state index contributed by atoms with van der Waals surface area (Å²) in [6, 6.07) is 13.9. The molecule has 0 aliphatic rings. The average molecular weight is 368 g/mol. The molecule has 0 saturated carbocycles. The molecule has 0 aliphatic heterocycles. The van der Waals surface area contributed by atoms with Gasteiger partial charge in [-0.25, -0.2) is 8.78 Å². The number of ether oxygens (including phenoxy) is 1. The van der Waals surface area contributed by atoms with E-state index in [-0.39, 0.29) is 30.4 Å². The number of benzene rings is 2. The molecule has 0 bridgehead atoms. The lowest BCUT2D eigenvalue weighted by Gasteiger charge is -2.09. The zero-order chi connectivity index (χ0) is 19.1. The molecular weight excluding hydrogens is 350 g/mol. The van der Waals surface area contributed by atoms with E-state index in [1.807, 2.05) is 0 Å². The normalized spacial score (nSPS) is 10.4. The van der Waals surface area contributed by atoms with Gasteiger partial charge in [0.2, 0.25) is 5.91 Å². The second-order valence-corrected chi connectivity index (χ2v) is 5.96. The summed E-state index contributed by atoms with van der Waals surface area (Å²) in [5.74, 6) is -0.443. The smallest absolute Gasteiger partial charge is 0.220 e. The van der Waals surface area contributed by atoms with Crippen LogP contribution in [0.3, 0.4) is 0 Å². The number of hydrogen-bond acceptors (Lipinski definition) is 3. The third-order valence-electron chi connectivity index (χ3n) is 3.90. The number of halogens is 2. The molecule has 2 aromatic carbocycles. The van der Waals surface area contributed by atoms with Crippen LogP contribution in [-0.4, -0.2) is 10.9 Å². The van der Waals surface area contributed by atoms with Gasteiger partial charge >= 0.3 is 0 Å². The zero-order valence-corrected chi connectivity index (χ0v) is 14.5. The minimum atomic E-state index is -0.517. The lowest BCUT2D eigenvalue weighted by molar-refractivity contribution is -0.121. The molecule has 1 heterocycles. The Morgan fingerprint density at radius 2 is 1.81 bits per heavy atom. The Labute approximate surface area is 155 Å².